The Morgan fingerprint density at radius 3 is 2.42 bits per heavy atom. The van der Waals surface area contributed by atoms with E-state index in [-0.39, 0.29) is 11.3 Å². The van der Waals surface area contributed by atoms with Gasteiger partial charge in [-0.15, -0.1) is 0 Å². The standard InChI is InChI=1S/C17H14F3N3O2S/c1-10-3-2-4-12(7-10)23-15(9-14(22-23)17(19)20)11-5-6-16(13(18)8-11)26(21,24)25/h2-9,17H,1H3,(H2,21,24,25). The Morgan fingerprint density at radius 1 is 1.12 bits per heavy atom. The van der Waals surface area contributed by atoms with E-state index >= 15 is 0 Å². The third kappa shape index (κ3) is 3.49. The van der Waals surface area contributed by atoms with E-state index in [2.05, 4.69) is 5.10 Å². The van der Waals surface area contributed by atoms with E-state index in [1.807, 2.05) is 13.0 Å². The summed E-state index contributed by atoms with van der Waals surface area (Å²) in [6.07, 6.45) is -2.81. The zero-order valence-corrected chi connectivity index (χ0v) is 14.3. The Kier molecular flexibility index (Phi) is 4.59. The van der Waals surface area contributed by atoms with Crippen LogP contribution in [-0.2, 0) is 10.0 Å². The zero-order valence-electron chi connectivity index (χ0n) is 13.5. The van der Waals surface area contributed by atoms with Gasteiger partial charge in [-0.25, -0.2) is 31.4 Å². The molecule has 0 saturated heterocycles. The molecule has 0 aliphatic rings. The molecule has 136 valence electrons. The lowest BCUT2D eigenvalue weighted by Crippen LogP contribution is -2.14. The maximum Gasteiger partial charge on any atom is 0.282 e. The van der Waals surface area contributed by atoms with E-state index in [0.29, 0.717) is 5.69 Å². The first-order valence-corrected chi connectivity index (χ1v) is 8.99. The predicted molar refractivity (Wildman–Crippen MR) is 90.0 cm³/mol. The lowest BCUT2D eigenvalue weighted by Gasteiger charge is -2.09. The highest BCUT2D eigenvalue weighted by atomic mass is 32.2. The number of rotatable bonds is 4. The monoisotopic (exact) mass is 381 g/mol. The van der Waals surface area contributed by atoms with Gasteiger partial charge in [0.05, 0.1) is 11.4 Å². The number of hydrogen-bond acceptors (Lipinski definition) is 3. The molecule has 1 aromatic heterocycles. The van der Waals surface area contributed by atoms with Gasteiger partial charge in [0.25, 0.3) is 6.43 Å². The van der Waals surface area contributed by atoms with Crippen molar-refractivity contribution in [2.24, 2.45) is 5.14 Å². The number of halogens is 3. The molecule has 0 bridgehead atoms. The fourth-order valence-corrected chi connectivity index (χ4v) is 3.15. The Bertz CT molecular complexity index is 1080. The molecular formula is C17H14F3N3O2S. The molecular weight excluding hydrogens is 367 g/mol. The Balaban J connectivity index is 2.20. The molecule has 3 rings (SSSR count). The maximum absolute atomic E-state index is 14.2. The number of aromatic nitrogens is 2. The van der Waals surface area contributed by atoms with E-state index in [0.717, 1.165) is 23.8 Å². The van der Waals surface area contributed by atoms with Gasteiger partial charge in [-0.3, -0.25) is 0 Å². The molecule has 0 aliphatic carbocycles. The summed E-state index contributed by atoms with van der Waals surface area (Å²) in [5.74, 6) is -1.07. The molecule has 0 saturated carbocycles. The summed E-state index contributed by atoms with van der Waals surface area (Å²) in [5, 5.41) is 8.84. The van der Waals surface area contributed by atoms with Crippen molar-refractivity contribution in [3.63, 3.8) is 0 Å². The lowest BCUT2D eigenvalue weighted by molar-refractivity contribution is 0.145. The van der Waals surface area contributed by atoms with Gasteiger partial charge in [0, 0.05) is 5.56 Å². The van der Waals surface area contributed by atoms with Crippen LogP contribution in [0.5, 0.6) is 0 Å². The second-order valence-corrected chi connectivity index (χ2v) is 7.23. The third-order valence-corrected chi connectivity index (χ3v) is 4.68. The average molecular weight is 381 g/mol. The molecule has 2 N–H and O–H groups in total. The van der Waals surface area contributed by atoms with Crippen LogP contribution in [0.3, 0.4) is 0 Å². The van der Waals surface area contributed by atoms with Crippen molar-refractivity contribution in [1.29, 1.82) is 0 Å². The van der Waals surface area contributed by atoms with Crippen LogP contribution < -0.4 is 5.14 Å². The predicted octanol–water partition coefficient (Wildman–Crippen LogP) is 3.57. The molecule has 3 aromatic rings. The van der Waals surface area contributed by atoms with Crippen molar-refractivity contribution in [3.05, 3.63) is 65.6 Å². The van der Waals surface area contributed by atoms with Gasteiger partial charge in [-0.05, 0) is 42.8 Å². The highest BCUT2D eigenvalue weighted by Crippen LogP contribution is 2.30. The highest BCUT2D eigenvalue weighted by Gasteiger charge is 2.20. The van der Waals surface area contributed by atoms with Gasteiger partial charge in [0.2, 0.25) is 10.0 Å². The number of alkyl halides is 2. The quantitative estimate of drug-likeness (QED) is 0.750. The summed E-state index contributed by atoms with van der Waals surface area (Å²) < 4.78 is 64.4. The molecule has 2 aromatic carbocycles. The number of sulfonamides is 1. The summed E-state index contributed by atoms with van der Waals surface area (Å²) in [5.41, 5.74) is 1.32. The summed E-state index contributed by atoms with van der Waals surface area (Å²) in [6, 6.07) is 11.3. The van der Waals surface area contributed by atoms with Crippen molar-refractivity contribution < 1.29 is 21.6 Å². The fourth-order valence-electron chi connectivity index (χ4n) is 2.56. The largest absolute Gasteiger partial charge is 0.282 e. The summed E-state index contributed by atoms with van der Waals surface area (Å²) in [4.78, 5) is -0.669. The molecule has 5 nitrogen and oxygen atoms in total. The van der Waals surface area contributed by atoms with E-state index in [1.54, 1.807) is 18.2 Å². The van der Waals surface area contributed by atoms with Crippen molar-refractivity contribution in [1.82, 2.24) is 9.78 Å². The smallest absolute Gasteiger partial charge is 0.233 e. The molecule has 0 atom stereocenters. The van der Waals surface area contributed by atoms with E-state index in [1.165, 1.54) is 10.7 Å². The zero-order chi connectivity index (χ0) is 19.1. The van der Waals surface area contributed by atoms with Crippen molar-refractivity contribution in [2.75, 3.05) is 0 Å². The molecule has 0 aliphatic heterocycles. The van der Waals surface area contributed by atoms with Crippen molar-refractivity contribution >= 4 is 10.0 Å². The third-order valence-electron chi connectivity index (χ3n) is 3.73. The first kappa shape index (κ1) is 18.2. The Morgan fingerprint density at radius 2 is 1.85 bits per heavy atom. The van der Waals surface area contributed by atoms with Crippen LogP contribution in [0.25, 0.3) is 16.9 Å². The van der Waals surface area contributed by atoms with Crippen LogP contribution in [0, 0.1) is 12.7 Å². The van der Waals surface area contributed by atoms with Crippen LogP contribution in [0.4, 0.5) is 13.2 Å². The lowest BCUT2D eigenvalue weighted by atomic mass is 10.1. The molecule has 9 heteroatoms. The SMILES string of the molecule is Cc1cccc(-n2nc(C(F)F)cc2-c2ccc(S(N)(=O)=O)c(F)c2)c1. The average Bonchev–Trinajstić information content (AvgIpc) is 2.99. The number of primary sulfonamides is 1. The molecule has 26 heavy (non-hydrogen) atoms. The van der Waals surface area contributed by atoms with Crippen LogP contribution in [0.15, 0.2) is 53.4 Å². The minimum absolute atomic E-state index is 0.191. The minimum atomic E-state index is -4.23. The Labute approximate surface area is 147 Å². The second-order valence-electron chi connectivity index (χ2n) is 5.70. The van der Waals surface area contributed by atoms with E-state index in [9.17, 15) is 21.6 Å². The van der Waals surface area contributed by atoms with E-state index < -0.39 is 32.9 Å². The van der Waals surface area contributed by atoms with Gasteiger partial charge in [0.1, 0.15) is 16.4 Å². The molecule has 1 heterocycles. The van der Waals surface area contributed by atoms with Gasteiger partial charge >= 0.3 is 0 Å². The summed E-state index contributed by atoms with van der Waals surface area (Å²) in [6.45, 7) is 1.83. The van der Waals surface area contributed by atoms with Gasteiger partial charge in [-0.1, -0.05) is 18.2 Å². The summed E-state index contributed by atoms with van der Waals surface area (Å²) >= 11 is 0. The normalized spacial score (nSPS) is 11.9. The number of nitrogens with zero attached hydrogens (tertiary/aromatic N) is 2. The van der Waals surface area contributed by atoms with Gasteiger partial charge in [-0.2, -0.15) is 5.10 Å². The van der Waals surface area contributed by atoms with Crippen molar-refractivity contribution in [3.8, 4) is 16.9 Å². The molecule has 0 fully saturated rings. The minimum Gasteiger partial charge on any atom is -0.233 e. The van der Waals surface area contributed by atoms with Gasteiger partial charge in [0.15, 0.2) is 0 Å². The molecule has 0 radical (unpaired) electrons. The van der Waals surface area contributed by atoms with Crippen LogP contribution in [0.2, 0.25) is 0 Å². The second kappa shape index (κ2) is 6.58. The van der Waals surface area contributed by atoms with Crippen LogP contribution >= 0.6 is 0 Å². The first-order valence-electron chi connectivity index (χ1n) is 7.44. The molecule has 0 unspecified atom stereocenters. The first-order chi connectivity index (χ1) is 12.2. The number of aryl methyl sites for hydroxylation is 1. The maximum atomic E-state index is 14.2. The summed E-state index contributed by atoms with van der Waals surface area (Å²) in [7, 11) is -4.23. The van der Waals surface area contributed by atoms with Crippen LogP contribution in [0.1, 0.15) is 17.7 Å². The molecule has 0 spiro atoms. The Hall–Kier alpha value is -2.65. The number of benzene rings is 2. The number of nitrogens with two attached hydrogens (primary N) is 1. The topological polar surface area (TPSA) is 78.0 Å². The fraction of sp³-hybridized carbons (Fsp3) is 0.118. The van der Waals surface area contributed by atoms with Crippen LogP contribution in [-0.4, -0.2) is 18.2 Å². The molecule has 0 amide bonds. The van der Waals surface area contributed by atoms with Gasteiger partial charge < -0.3 is 0 Å². The number of hydrogen-bond donors (Lipinski definition) is 1. The van der Waals surface area contributed by atoms with Crippen molar-refractivity contribution in [2.45, 2.75) is 18.2 Å². The van der Waals surface area contributed by atoms with E-state index in [4.69, 9.17) is 5.14 Å². The highest BCUT2D eigenvalue weighted by molar-refractivity contribution is 7.89.